The standard InChI is InChI=1S/C10H8ClF3O2/c11-8-4-7(2-1-3-15)5-9(6-8)16-10(12,13)14/h3-6H,1-2H2. The number of ether oxygens (including phenoxy) is 1. The predicted octanol–water partition coefficient (Wildman–Crippen LogP) is 3.37. The van der Waals surface area contributed by atoms with Crippen molar-refractivity contribution in [3.05, 3.63) is 28.8 Å². The number of halogens is 4. The molecule has 88 valence electrons. The Morgan fingerprint density at radius 3 is 2.56 bits per heavy atom. The molecule has 0 atom stereocenters. The summed E-state index contributed by atoms with van der Waals surface area (Å²) in [5, 5.41) is 0.141. The topological polar surface area (TPSA) is 26.3 Å². The highest BCUT2D eigenvalue weighted by molar-refractivity contribution is 6.30. The number of rotatable bonds is 4. The van der Waals surface area contributed by atoms with Crippen molar-refractivity contribution < 1.29 is 22.7 Å². The van der Waals surface area contributed by atoms with Gasteiger partial charge in [-0.2, -0.15) is 0 Å². The van der Waals surface area contributed by atoms with Crippen molar-refractivity contribution in [2.24, 2.45) is 0 Å². The van der Waals surface area contributed by atoms with Gasteiger partial charge in [0, 0.05) is 11.4 Å². The molecule has 1 rings (SSSR count). The number of aryl methyl sites for hydroxylation is 1. The van der Waals surface area contributed by atoms with E-state index in [1.54, 1.807) is 0 Å². The van der Waals surface area contributed by atoms with Crippen LogP contribution >= 0.6 is 11.6 Å². The molecule has 0 saturated heterocycles. The van der Waals surface area contributed by atoms with E-state index in [0.29, 0.717) is 18.3 Å². The minimum atomic E-state index is -4.74. The fourth-order valence-corrected chi connectivity index (χ4v) is 1.43. The van der Waals surface area contributed by atoms with Crippen LogP contribution in [0.3, 0.4) is 0 Å². The summed E-state index contributed by atoms with van der Waals surface area (Å²) in [6.07, 6.45) is -3.50. The molecule has 0 aliphatic heterocycles. The largest absolute Gasteiger partial charge is 0.573 e. The SMILES string of the molecule is O=CCCc1cc(Cl)cc(OC(F)(F)F)c1. The average Bonchev–Trinajstić information content (AvgIpc) is 2.10. The first-order valence-corrected chi connectivity index (χ1v) is 4.77. The first-order chi connectivity index (χ1) is 7.40. The van der Waals surface area contributed by atoms with Crippen LogP contribution in [-0.2, 0) is 11.2 Å². The molecule has 0 spiro atoms. The molecule has 0 fully saturated rings. The van der Waals surface area contributed by atoms with E-state index in [2.05, 4.69) is 4.74 Å². The van der Waals surface area contributed by atoms with Gasteiger partial charge >= 0.3 is 6.36 Å². The Bertz CT molecular complexity index is 377. The summed E-state index contributed by atoms with van der Waals surface area (Å²) in [6.45, 7) is 0. The van der Waals surface area contributed by atoms with Crippen molar-refractivity contribution >= 4 is 17.9 Å². The minimum Gasteiger partial charge on any atom is -0.406 e. The fourth-order valence-electron chi connectivity index (χ4n) is 1.18. The normalized spacial score (nSPS) is 11.2. The number of carbonyl (C=O) groups is 1. The highest BCUT2D eigenvalue weighted by atomic mass is 35.5. The first kappa shape index (κ1) is 12.8. The van der Waals surface area contributed by atoms with Crippen molar-refractivity contribution in [1.29, 1.82) is 0 Å². The second kappa shape index (κ2) is 5.21. The van der Waals surface area contributed by atoms with E-state index in [0.717, 1.165) is 6.07 Å². The van der Waals surface area contributed by atoms with Crippen molar-refractivity contribution in [2.45, 2.75) is 19.2 Å². The molecule has 0 N–H and O–H groups in total. The van der Waals surface area contributed by atoms with Gasteiger partial charge < -0.3 is 9.53 Å². The quantitative estimate of drug-likeness (QED) is 0.768. The number of aldehydes is 1. The third-order valence-corrected chi connectivity index (χ3v) is 1.93. The van der Waals surface area contributed by atoms with Crippen LogP contribution in [0.25, 0.3) is 0 Å². The van der Waals surface area contributed by atoms with Crippen LogP contribution in [0.5, 0.6) is 5.75 Å². The number of carbonyl (C=O) groups excluding carboxylic acids is 1. The van der Waals surface area contributed by atoms with Gasteiger partial charge in [0.05, 0.1) is 0 Å². The summed E-state index contributed by atoms with van der Waals surface area (Å²) in [5.74, 6) is -0.374. The van der Waals surface area contributed by atoms with Crippen LogP contribution in [0.4, 0.5) is 13.2 Å². The maximum Gasteiger partial charge on any atom is 0.573 e. The molecule has 0 radical (unpaired) electrons. The van der Waals surface area contributed by atoms with Gasteiger partial charge in [0.25, 0.3) is 0 Å². The Labute approximate surface area is 95.0 Å². The van der Waals surface area contributed by atoms with Crippen molar-refractivity contribution in [3.8, 4) is 5.75 Å². The van der Waals surface area contributed by atoms with Crippen LogP contribution in [0.15, 0.2) is 18.2 Å². The van der Waals surface area contributed by atoms with Gasteiger partial charge in [-0.3, -0.25) is 0 Å². The van der Waals surface area contributed by atoms with Gasteiger partial charge in [0.1, 0.15) is 12.0 Å². The van der Waals surface area contributed by atoms with Crippen LogP contribution in [0.1, 0.15) is 12.0 Å². The third-order valence-electron chi connectivity index (χ3n) is 1.72. The lowest BCUT2D eigenvalue weighted by Crippen LogP contribution is -2.17. The van der Waals surface area contributed by atoms with Crippen LogP contribution in [-0.4, -0.2) is 12.6 Å². The van der Waals surface area contributed by atoms with Crippen LogP contribution < -0.4 is 4.74 Å². The number of hydrogen-bond acceptors (Lipinski definition) is 2. The second-order valence-corrected chi connectivity index (χ2v) is 3.48. The molecular formula is C10H8ClF3O2. The first-order valence-electron chi connectivity index (χ1n) is 4.39. The molecule has 0 aliphatic carbocycles. The second-order valence-electron chi connectivity index (χ2n) is 3.05. The molecule has 6 heteroatoms. The molecule has 0 unspecified atom stereocenters. The van der Waals surface area contributed by atoms with E-state index in [-0.39, 0.29) is 17.2 Å². The lowest BCUT2D eigenvalue weighted by atomic mass is 10.1. The summed E-state index contributed by atoms with van der Waals surface area (Å²) in [7, 11) is 0. The maximum atomic E-state index is 11.9. The zero-order chi connectivity index (χ0) is 12.2. The summed E-state index contributed by atoms with van der Waals surface area (Å²) in [5.41, 5.74) is 0.527. The van der Waals surface area contributed by atoms with Gasteiger partial charge in [0.2, 0.25) is 0 Å². The van der Waals surface area contributed by atoms with Gasteiger partial charge in [-0.05, 0) is 30.2 Å². The summed E-state index contributed by atoms with van der Waals surface area (Å²) < 4.78 is 39.5. The molecule has 0 heterocycles. The molecule has 0 aliphatic rings. The molecule has 2 nitrogen and oxygen atoms in total. The maximum absolute atomic E-state index is 11.9. The van der Waals surface area contributed by atoms with Gasteiger partial charge in [-0.25, -0.2) is 0 Å². The molecule has 1 aromatic carbocycles. The summed E-state index contributed by atoms with van der Waals surface area (Å²) in [4.78, 5) is 10.1. The van der Waals surface area contributed by atoms with Crippen molar-refractivity contribution in [3.63, 3.8) is 0 Å². The van der Waals surface area contributed by atoms with Gasteiger partial charge in [-0.1, -0.05) is 11.6 Å². The number of benzene rings is 1. The third kappa shape index (κ3) is 4.53. The van der Waals surface area contributed by atoms with E-state index in [9.17, 15) is 18.0 Å². The summed E-state index contributed by atoms with van der Waals surface area (Å²) in [6, 6.07) is 3.77. The van der Waals surface area contributed by atoms with Crippen molar-refractivity contribution in [1.82, 2.24) is 0 Å². The van der Waals surface area contributed by atoms with E-state index >= 15 is 0 Å². The minimum absolute atomic E-state index is 0.141. The van der Waals surface area contributed by atoms with E-state index in [1.165, 1.54) is 12.1 Å². The van der Waals surface area contributed by atoms with Crippen LogP contribution in [0, 0.1) is 0 Å². The predicted molar refractivity (Wildman–Crippen MR) is 52.5 cm³/mol. The highest BCUT2D eigenvalue weighted by Gasteiger charge is 2.31. The smallest absolute Gasteiger partial charge is 0.406 e. The highest BCUT2D eigenvalue weighted by Crippen LogP contribution is 2.27. The Kier molecular flexibility index (Phi) is 4.18. The lowest BCUT2D eigenvalue weighted by molar-refractivity contribution is -0.274. The number of hydrogen-bond donors (Lipinski definition) is 0. The monoisotopic (exact) mass is 252 g/mol. The number of alkyl halides is 3. The molecular weight excluding hydrogens is 245 g/mol. The molecule has 0 aromatic heterocycles. The van der Waals surface area contributed by atoms with Crippen molar-refractivity contribution in [2.75, 3.05) is 0 Å². The molecule has 16 heavy (non-hydrogen) atoms. The molecule has 1 aromatic rings. The van der Waals surface area contributed by atoms with Gasteiger partial charge in [-0.15, -0.1) is 13.2 Å². The fraction of sp³-hybridized carbons (Fsp3) is 0.300. The van der Waals surface area contributed by atoms with Crippen LogP contribution in [0.2, 0.25) is 5.02 Å². The molecule has 0 saturated carbocycles. The lowest BCUT2D eigenvalue weighted by Gasteiger charge is -2.10. The Morgan fingerprint density at radius 2 is 2.00 bits per heavy atom. The molecule has 0 bridgehead atoms. The average molecular weight is 253 g/mol. The zero-order valence-electron chi connectivity index (χ0n) is 8.05. The summed E-state index contributed by atoms with van der Waals surface area (Å²) >= 11 is 5.62. The Balaban J connectivity index is 2.85. The van der Waals surface area contributed by atoms with E-state index < -0.39 is 6.36 Å². The Morgan fingerprint density at radius 1 is 1.31 bits per heavy atom. The zero-order valence-corrected chi connectivity index (χ0v) is 8.81. The van der Waals surface area contributed by atoms with E-state index in [4.69, 9.17) is 11.6 Å². The Hall–Kier alpha value is -1.23. The van der Waals surface area contributed by atoms with E-state index in [1.807, 2.05) is 0 Å². The van der Waals surface area contributed by atoms with Gasteiger partial charge in [0.15, 0.2) is 0 Å². The molecule has 0 amide bonds.